The quantitative estimate of drug-likeness (QED) is 0.305. The Kier molecular flexibility index (Phi) is 5.16. The third-order valence-electron chi connectivity index (χ3n) is 8.32. The van der Waals surface area contributed by atoms with Crippen LogP contribution >= 0.6 is 0 Å². The second-order valence-corrected chi connectivity index (χ2v) is 10.3. The number of ether oxygens (including phenoxy) is 1. The summed E-state index contributed by atoms with van der Waals surface area (Å²) in [5.74, 6) is 0.0905. The van der Waals surface area contributed by atoms with Crippen LogP contribution in [0, 0.1) is 0 Å². The second kappa shape index (κ2) is 8.67. The van der Waals surface area contributed by atoms with Crippen LogP contribution in [0.4, 0.5) is 4.79 Å². The Balaban J connectivity index is 1.14. The Bertz CT molecular complexity index is 1450. The van der Waals surface area contributed by atoms with Gasteiger partial charge in [0.15, 0.2) is 0 Å². The minimum absolute atomic E-state index is 0.0905. The van der Waals surface area contributed by atoms with Crippen molar-refractivity contribution < 1.29 is 9.53 Å². The van der Waals surface area contributed by atoms with Gasteiger partial charge in [-0.15, -0.1) is 0 Å². The number of piperidine rings is 1. The Morgan fingerprint density at radius 1 is 0.778 bits per heavy atom. The topological polar surface area (TPSA) is 29.5 Å². The first-order valence-corrected chi connectivity index (χ1v) is 13.1. The van der Waals surface area contributed by atoms with Gasteiger partial charge in [0.2, 0.25) is 0 Å². The van der Waals surface area contributed by atoms with Gasteiger partial charge in [-0.25, -0.2) is 4.79 Å². The third kappa shape index (κ3) is 3.45. The first kappa shape index (κ1) is 21.4. The Labute approximate surface area is 212 Å². The van der Waals surface area contributed by atoms with Crippen LogP contribution in [0.5, 0.6) is 0 Å². The highest BCUT2D eigenvalue weighted by molar-refractivity contribution is 5.94. The third-order valence-corrected chi connectivity index (χ3v) is 8.32. The van der Waals surface area contributed by atoms with E-state index < -0.39 is 0 Å². The van der Waals surface area contributed by atoms with Gasteiger partial charge in [-0.05, 0) is 69.8 Å². The SMILES string of the molecule is O=C(OCC1c2ccccc2-c2ccccc21)N1C2C=C(c3cccc4ccccc34)CC1CCC2. The fraction of sp³-hybridized carbons (Fsp3) is 0.242. The van der Waals surface area contributed by atoms with Crippen molar-refractivity contribution in [2.75, 3.05) is 6.61 Å². The lowest BCUT2D eigenvalue weighted by Gasteiger charge is -2.44. The first-order valence-electron chi connectivity index (χ1n) is 13.1. The molecule has 3 heteroatoms. The molecule has 3 aliphatic rings. The van der Waals surface area contributed by atoms with E-state index in [1.807, 2.05) is 4.90 Å². The Morgan fingerprint density at radius 3 is 2.22 bits per heavy atom. The molecule has 36 heavy (non-hydrogen) atoms. The summed E-state index contributed by atoms with van der Waals surface area (Å²) < 4.78 is 6.08. The number of carbonyl (C=O) groups excluding carboxylic acids is 1. The molecule has 3 nitrogen and oxygen atoms in total. The smallest absolute Gasteiger partial charge is 0.410 e. The molecule has 0 aromatic heterocycles. The molecule has 2 atom stereocenters. The van der Waals surface area contributed by atoms with Crippen LogP contribution in [0.3, 0.4) is 0 Å². The van der Waals surface area contributed by atoms with Gasteiger partial charge in [0.1, 0.15) is 6.61 Å². The van der Waals surface area contributed by atoms with Gasteiger partial charge >= 0.3 is 6.09 Å². The van der Waals surface area contributed by atoms with Crippen LogP contribution in [-0.2, 0) is 4.74 Å². The molecule has 1 amide bonds. The van der Waals surface area contributed by atoms with Crippen molar-refractivity contribution in [3.05, 3.63) is 114 Å². The maximum absolute atomic E-state index is 13.5. The Morgan fingerprint density at radius 2 is 1.44 bits per heavy atom. The van der Waals surface area contributed by atoms with Crippen molar-refractivity contribution in [3.8, 4) is 11.1 Å². The van der Waals surface area contributed by atoms with Gasteiger partial charge in [-0.3, -0.25) is 4.90 Å². The Hall–Kier alpha value is -3.85. The highest BCUT2D eigenvalue weighted by Crippen LogP contribution is 2.45. The lowest BCUT2D eigenvalue weighted by atomic mass is 9.82. The van der Waals surface area contributed by atoms with E-state index in [-0.39, 0.29) is 24.1 Å². The number of carbonyl (C=O) groups is 1. The van der Waals surface area contributed by atoms with E-state index in [1.54, 1.807) is 0 Å². The zero-order valence-electron chi connectivity index (χ0n) is 20.3. The number of benzene rings is 4. The van der Waals surface area contributed by atoms with Crippen LogP contribution in [0.25, 0.3) is 27.5 Å². The maximum atomic E-state index is 13.5. The van der Waals surface area contributed by atoms with Gasteiger partial charge in [0.25, 0.3) is 0 Å². The fourth-order valence-corrected chi connectivity index (χ4v) is 6.69. The molecule has 4 aromatic carbocycles. The van der Waals surface area contributed by atoms with Gasteiger partial charge in [0, 0.05) is 12.0 Å². The van der Waals surface area contributed by atoms with E-state index in [0.29, 0.717) is 6.61 Å². The molecule has 1 fully saturated rings. The molecule has 0 N–H and O–H groups in total. The van der Waals surface area contributed by atoms with Crippen molar-refractivity contribution in [1.29, 1.82) is 0 Å². The molecule has 1 aliphatic carbocycles. The molecule has 2 heterocycles. The van der Waals surface area contributed by atoms with Crippen LogP contribution in [-0.4, -0.2) is 29.7 Å². The normalized spacial score (nSPS) is 20.6. The molecule has 4 aromatic rings. The van der Waals surface area contributed by atoms with Gasteiger partial charge in [-0.2, -0.15) is 0 Å². The molecule has 2 aliphatic heterocycles. The van der Waals surface area contributed by atoms with Gasteiger partial charge in [0.05, 0.1) is 6.04 Å². The number of hydrogen-bond donors (Lipinski definition) is 0. The summed E-state index contributed by atoms with van der Waals surface area (Å²) in [6.07, 6.45) is 6.23. The highest BCUT2D eigenvalue weighted by atomic mass is 16.6. The highest BCUT2D eigenvalue weighted by Gasteiger charge is 2.39. The summed E-state index contributed by atoms with van der Waals surface area (Å²) in [7, 11) is 0. The summed E-state index contributed by atoms with van der Waals surface area (Å²) in [5, 5.41) is 2.55. The van der Waals surface area contributed by atoms with Gasteiger partial charge in [-0.1, -0.05) is 97.1 Å². The molecule has 1 saturated heterocycles. The lowest BCUT2D eigenvalue weighted by molar-refractivity contribution is 0.0539. The zero-order valence-corrected chi connectivity index (χ0v) is 20.3. The van der Waals surface area contributed by atoms with Crippen molar-refractivity contribution in [3.63, 3.8) is 0 Å². The molecular weight excluding hydrogens is 442 g/mol. The maximum Gasteiger partial charge on any atom is 0.410 e. The molecule has 2 unspecified atom stereocenters. The second-order valence-electron chi connectivity index (χ2n) is 10.3. The number of fused-ring (bicyclic) bond motifs is 6. The first-order chi connectivity index (χ1) is 17.8. The van der Waals surface area contributed by atoms with Crippen molar-refractivity contribution in [2.45, 2.75) is 43.7 Å². The van der Waals surface area contributed by atoms with E-state index >= 15 is 0 Å². The van der Waals surface area contributed by atoms with E-state index in [2.05, 4.69) is 97.1 Å². The summed E-state index contributed by atoms with van der Waals surface area (Å²) in [5.41, 5.74) is 7.69. The minimum Gasteiger partial charge on any atom is -0.448 e. The van der Waals surface area contributed by atoms with E-state index in [4.69, 9.17) is 4.74 Å². The molecule has 178 valence electrons. The molecule has 7 rings (SSSR count). The van der Waals surface area contributed by atoms with Gasteiger partial charge < -0.3 is 4.74 Å². The summed E-state index contributed by atoms with van der Waals surface area (Å²) in [6.45, 7) is 0.378. The molecule has 0 spiro atoms. The van der Waals surface area contributed by atoms with Crippen LogP contribution in [0.15, 0.2) is 97.1 Å². The zero-order chi connectivity index (χ0) is 24.1. The fourth-order valence-electron chi connectivity index (χ4n) is 6.69. The van der Waals surface area contributed by atoms with E-state index in [1.165, 1.54) is 44.2 Å². The molecule has 0 saturated carbocycles. The molecular formula is C33H29NO2. The standard InChI is InChI=1S/C33H29NO2/c35-33(36-21-32-30-16-5-3-14-28(30)29-15-4-6-17-31(29)32)34-24-11-8-12-25(34)20-23(19-24)27-18-7-10-22-9-1-2-13-26(22)27/h1-7,9-10,13-19,24-25,32H,8,11-12,20-21H2. The average Bonchev–Trinajstić information content (AvgIpc) is 3.24. The number of nitrogens with zero attached hydrogens (tertiary/aromatic N) is 1. The number of hydrogen-bond acceptors (Lipinski definition) is 2. The summed E-state index contributed by atoms with van der Waals surface area (Å²) in [6, 6.07) is 32.4. The minimum atomic E-state index is -0.167. The lowest BCUT2D eigenvalue weighted by Crippen LogP contribution is -2.51. The number of amides is 1. The van der Waals surface area contributed by atoms with E-state index in [9.17, 15) is 4.79 Å². The predicted molar refractivity (Wildman–Crippen MR) is 145 cm³/mol. The largest absolute Gasteiger partial charge is 0.448 e. The van der Waals surface area contributed by atoms with Crippen molar-refractivity contribution in [2.24, 2.45) is 0 Å². The monoisotopic (exact) mass is 471 g/mol. The molecule has 0 radical (unpaired) electrons. The predicted octanol–water partition coefficient (Wildman–Crippen LogP) is 7.80. The average molecular weight is 472 g/mol. The van der Waals surface area contributed by atoms with Crippen LogP contribution in [0.1, 0.15) is 48.3 Å². The number of rotatable bonds is 3. The van der Waals surface area contributed by atoms with E-state index in [0.717, 1.165) is 25.7 Å². The summed E-state index contributed by atoms with van der Waals surface area (Å²) in [4.78, 5) is 15.6. The summed E-state index contributed by atoms with van der Waals surface area (Å²) >= 11 is 0. The van der Waals surface area contributed by atoms with Crippen molar-refractivity contribution in [1.82, 2.24) is 4.90 Å². The van der Waals surface area contributed by atoms with Crippen molar-refractivity contribution >= 4 is 22.4 Å². The van der Waals surface area contributed by atoms with Crippen LogP contribution in [0.2, 0.25) is 0 Å². The van der Waals surface area contributed by atoms with Crippen LogP contribution < -0.4 is 0 Å². The molecule has 2 bridgehead atoms.